The highest BCUT2D eigenvalue weighted by molar-refractivity contribution is 8.07. The van der Waals surface area contributed by atoms with Crippen molar-refractivity contribution in [1.82, 2.24) is 24.4 Å². The Balaban J connectivity index is 0.000000243. The number of hydrogen-bond acceptors (Lipinski definition) is 11. The summed E-state index contributed by atoms with van der Waals surface area (Å²) in [5, 5.41) is 10.8. The molecule has 1 unspecified atom stereocenters. The van der Waals surface area contributed by atoms with Gasteiger partial charge in [0, 0.05) is 0 Å². The topological polar surface area (TPSA) is 154 Å². The quantitative estimate of drug-likeness (QED) is 0.271. The largest absolute Gasteiger partial charge is 0.461 e. The van der Waals surface area contributed by atoms with Crippen LogP contribution < -0.4 is 5.73 Å². The van der Waals surface area contributed by atoms with Crippen molar-refractivity contribution in [2.45, 2.75) is 83.8 Å². The van der Waals surface area contributed by atoms with Gasteiger partial charge in [-0.05, 0) is 62.8 Å². The van der Waals surface area contributed by atoms with Gasteiger partial charge in [-0.2, -0.15) is 0 Å². The van der Waals surface area contributed by atoms with E-state index in [-0.39, 0.29) is 12.4 Å². The number of unbranched alkanes of at least 4 members (excludes halogenated alkanes) is 3. The van der Waals surface area contributed by atoms with E-state index in [9.17, 15) is 10.00 Å². The van der Waals surface area contributed by atoms with Gasteiger partial charge < -0.3 is 34.3 Å². The number of fused-ring (bicyclic) bond motifs is 2. The highest BCUT2D eigenvalue weighted by Crippen LogP contribution is 2.53. The number of rotatable bonds is 11. The van der Waals surface area contributed by atoms with Crippen molar-refractivity contribution in [3.63, 3.8) is 0 Å². The van der Waals surface area contributed by atoms with Crippen LogP contribution in [0.15, 0.2) is 29.1 Å². The zero-order chi connectivity index (χ0) is 28.7. The molecule has 40 heavy (non-hydrogen) atoms. The monoisotopic (exact) mass is 596 g/mol. The van der Waals surface area contributed by atoms with Crippen LogP contribution in [0.4, 0.5) is 5.82 Å². The highest BCUT2D eigenvalue weighted by atomic mass is 32.5. The SMILES string of the molecule is CCCCN(CCCC)CCCC.Nc1ncnc2c1nc(-c1ccco1)n2[C@@H]1O[C@@H]2COP(O)(=S)O[C@H]2[C@H]1O. The standard InChI is InChI=1S/C14H14N5O6PS.C12H27N/c15-11-8-13(17-5-16-11)19(12(18-8)6-2-1-3-22-6)14-9(20)10-7(24-14)4-23-26(21,27)25-10;1-4-7-10-13(11-8-5-2)12-9-6-3/h1-3,5,7,9-10,14,20H,4H2,(H,21,27)(H2,15,16,17);4-12H2,1-3H3/t7-,9-,10-,14-,26?;/m1./s1. The maximum Gasteiger partial charge on any atom is 0.325 e. The molecule has 2 fully saturated rings. The van der Waals surface area contributed by atoms with Crippen molar-refractivity contribution in [2.75, 3.05) is 32.0 Å². The number of nitrogens with zero attached hydrogens (tertiary/aromatic N) is 5. The summed E-state index contributed by atoms with van der Waals surface area (Å²) in [6, 6.07) is 3.42. The molecule has 2 saturated heterocycles. The van der Waals surface area contributed by atoms with Crippen molar-refractivity contribution < 1.29 is 28.2 Å². The van der Waals surface area contributed by atoms with E-state index in [2.05, 4.69) is 40.6 Å². The predicted octanol–water partition coefficient (Wildman–Crippen LogP) is 4.25. The first kappa shape index (κ1) is 31.0. The van der Waals surface area contributed by atoms with Crippen LogP contribution in [0.2, 0.25) is 0 Å². The first-order valence-electron chi connectivity index (χ1n) is 14.0. The summed E-state index contributed by atoms with van der Waals surface area (Å²) in [7, 11) is 0. The number of nitrogens with two attached hydrogens (primary N) is 1. The van der Waals surface area contributed by atoms with Gasteiger partial charge in [0.05, 0.1) is 12.9 Å². The molecule has 3 aromatic rings. The average Bonchev–Trinajstić information content (AvgIpc) is 3.67. The van der Waals surface area contributed by atoms with Crippen molar-refractivity contribution in [2.24, 2.45) is 0 Å². The third kappa shape index (κ3) is 7.27. The summed E-state index contributed by atoms with van der Waals surface area (Å²) >= 11 is 4.88. The summed E-state index contributed by atoms with van der Waals surface area (Å²) in [5.41, 5.74) is 6.64. The molecule has 0 aliphatic carbocycles. The van der Waals surface area contributed by atoms with Crippen LogP contribution in [0.3, 0.4) is 0 Å². The molecule has 0 spiro atoms. The minimum atomic E-state index is -3.41. The molecule has 0 amide bonds. The lowest BCUT2D eigenvalue weighted by Crippen LogP contribution is -2.39. The van der Waals surface area contributed by atoms with Gasteiger partial charge >= 0.3 is 6.72 Å². The summed E-state index contributed by atoms with van der Waals surface area (Å²) in [4.78, 5) is 25.2. The zero-order valence-corrected chi connectivity index (χ0v) is 25.1. The van der Waals surface area contributed by atoms with Gasteiger partial charge in [0.25, 0.3) is 0 Å². The summed E-state index contributed by atoms with van der Waals surface area (Å²) in [6.07, 6.45) is 7.33. The Bertz CT molecular complexity index is 1240. The Morgan fingerprint density at radius 3 is 2.40 bits per heavy atom. The Morgan fingerprint density at radius 1 is 1.12 bits per heavy atom. The van der Waals surface area contributed by atoms with Crippen molar-refractivity contribution in [1.29, 1.82) is 0 Å². The number of nitrogen functional groups attached to an aromatic ring is 1. The first-order valence-corrected chi connectivity index (χ1v) is 16.6. The van der Waals surface area contributed by atoms with Crippen molar-refractivity contribution in [3.05, 3.63) is 24.7 Å². The second-order valence-corrected chi connectivity index (χ2v) is 12.8. The van der Waals surface area contributed by atoms with Gasteiger partial charge in [-0.3, -0.25) is 9.09 Å². The van der Waals surface area contributed by atoms with Gasteiger partial charge in [-0.15, -0.1) is 0 Å². The molecule has 2 aliphatic heterocycles. The van der Waals surface area contributed by atoms with E-state index in [0.29, 0.717) is 22.7 Å². The fourth-order valence-electron chi connectivity index (χ4n) is 4.78. The van der Waals surface area contributed by atoms with Crippen LogP contribution in [0.5, 0.6) is 0 Å². The highest BCUT2D eigenvalue weighted by Gasteiger charge is 2.52. The molecule has 0 radical (unpaired) electrons. The number of anilines is 1. The Hall–Kier alpha value is -1.96. The number of ether oxygens (including phenoxy) is 1. The summed E-state index contributed by atoms with van der Waals surface area (Å²) < 4.78 is 23.5. The van der Waals surface area contributed by atoms with Gasteiger partial charge in [0.2, 0.25) is 0 Å². The summed E-state index contributed by atoms with van der Waals surface area (Å²) in [5.74, 6) is 0.971. The third-order valence-corrected chi connectivity index (χ3v) is 8.51. The zero-order valence-electron chi connectivity index (χ0n) is 23.4. The maximum absolute atomic E-state index is 10.8. The molecule has 0 bridgehead atoms. The molecule has 222 valence electrons. The molecule has 5 rings (SSSR count). The Labute approximate surface area is 240 Å². The molecule has 14 heteroatoms. The van der Waals surface area contributed by atoms with Gasteiger partial charge in [0.1, 0.15) is 24.6 Å². The molecule has 5 heterocycles. The smallest absolute Gasteiger partial charge is 0.325 e. The number of aromatic nitrogens is 4. The molecular weight excluding hydrogens is 555 g/mol. The molecule has 0 aromatic carbocycles. The normalized spacial score (nSPS) is 26.1. The van der Waals surface area contributed by atoms with Crippen LogP contribution in [-0.4, -0.2) is 79.0 Å². The predicted molar refractivity (Wildman–Crippen MR) is 156 cm³/mol. The Kier molecular flexibility index (Phi) is 11.1. The lowest BCUT2D eigenvalue weighted by molar-refractivity contribution is -0.0588. The number of aliphatic hydroxyl groups excluding tert-OH is 1. The lowest BCUT2D eigenvalue weighted by atomic mass is 10.1. The van der Waals surface area contributed by atoms with Crippen molar-refractivity contribution in [3.8, 4) is 11.6 Å². The van der Waals surface area contributed by atoms with Gasteiger partial charge in [-0.25, -0.2) is 15.0 Å². The number of imidazole rings is 1. The van der Waals surface area contributed by atoms with E-state index in [4.69, 9.17) is 35.7 Å². The summed E-state index contributed by atoms with van der Waals surface area (Å²) in [6.45, 7) is 7.37. The van der Waals surface area contributed by atoms with Crippen LogP contribution >= 0.6 is 6.72 Å². The van der Waals surface area contributed by atoms with Crippen LogP contribution in [-0.2, 0) is 25.6 Å². The third-order valence-electron chi connectivity index (χ3n) is 6.95. The molecule has 3 aromatic heterocycles. The fourth-order valence-corrected chi connectivity index (χ4v) is 6.22. The minimum absolute atomic E-state index is 0.00580. The van der Waals surface area contributed by atoms with E-state index in [1.54, 1.807) is 16.7 Å². The van der Waals surface area contributed by atoms with Crippen molar-refractivity contribution >= 4 is 35.5 Å². The van der Waals surface area contributed by atoms with E-state index < -0.39 is 31.3 Å². The molecule has 12 nitrogen and oxygen atoms in total. The molecular formula is C26H41N6O6PS. The van der Waals surface area contributed by atoms with E-state index in [1.807, 2.05) is 0 Å². The minimum Gasteiger partial charge on any atom is -0.461 e. The van der Waals surface area contributed by atoms with Crippen LogP contribution in [0, 0.1) is 0 Å². The second-order valence-electron chi connectivity index (χ2n) is 10.0. The van der Waals surface area contributed by atoms with Gasteiger partial charge in [-0.1, -0.05) is 40.0 Å². The van der Waals surface area contributed by atoms with Crippen LogP contribution in [0.1, 0.15) is 65.5 Å². The van der Waals surface area contributed by atoms with E-state index in [0.717, 1.165) is 0 Å². The van der Waals surface area contributed by atoms with Gasteiger partial charge in [0.15, 0.2) is 34.8 Å². The fraction of sp³-hybridized carbons (Fsp3) is 0.654. The number of aliphatic hydroxyl groups is 1. The lowest BCUT2D eigenvalue weighted by Gasteiger charge is -2.30. The molecule has 0 saturated carbocycles. The van der Waals surface area contributed by atoms with E-state index >= 15 is 0 Å². The Morgan fingerprint density at radius 2 is 1.80 bits per heavy atom. The number of furan rings is 1. The second kappa shape index (κ2) is 14.3. The first-order chi connectivity index (χ1) is 19.3. The van der Waals surface area contributed by atoms with E-state index in [1.165, 1.54) is 70.7 Å². The number of hydrogen-bond donors (Lipinski definition) is 3. The average molecular weight is 597 g/mol. The maximum atomic E-state index is 10.8. The molecule has 5 atom stereocenters. The molecule has 4 N–H and O–H groups in total. The van der Waals surface area contributed by atoms with Crippen LogP contribution in [0.25, 0.3) is 22.7 Å². The molecule has 2 aliphatic rings.